The predicted octanol–water partition coefficient (Wildman–Crippen LogP) is 13.7. The predicted molar refractivity (Wildman–Crippen MR) is 208 cm³/mol. The largest absolute Gasteiger partial charge is 0.455 e. The van der Waals surface area contributed by atoms with E-state index < -0.39 is 103 Å². The van der Waals surface area contributed by atoms with Gasteiger partial charge in [0.25, 0.3) is 0 Å². The summed E-state index contributed by atoms with van der Waals surface area (Å²) in [6, 6.07) is 11.7. The molecule has 0 bridgehead atoms. The van der Waals surface area contributed by atoms with Crippen molar-refractivity contribution in [2.75, 3.05) is 0 Å². The van der Waals surface area contributed by atoms with Crippen molar-refractivity contribution >= 4 is 54.1 Å². The van der Waals surface area contributed by atoms with E-state index in [1.165, 1.54) is 0 Å². The Hall–Kier alpha value is -6.44. The number of hydrogen-bond acceptors (Lipinski definition) is 1. The van der Waals surface area contributed by atoms with Gasteiger partial charge < -0.3 is 4.42 Å². The second-order valence-corrected chi connectivity index (χ2v) is 11.5. The van der Waals surface area contributed by atoms with Crippen LogP contribution < -0.4 is 0 Å². The molecule has 0 fully saturated rings. The van der Waals surface area contributed by atoms with Crippen LogP contribution in [0.5, 0.6) is 0 Å². The van der Waals surface area contributed by atoms with Crippen molar-refractivity contribution < 1.29 is 27.7 Å². The zero-order chi connectivity index (χ0) is 47.1. The molecule has 0 aliphatic rings. The lowest BCUT2D eigenvalue weighted by molar-refractivity contribution is 0.633. The van der Waals surface area contributed by atoms with Gasteiger partial charge in [-0.3, -0.25) is 0 Å². The third-order valence-electron chi connectivity index (χ3n) is 8.83. The minimum Gasteiger partial charge on any atom is -0.455 e. The van der Waals surface area contributed by atoms with E-state index in [2.05, 4.69) is 0 Å². The fraction of sp³-hybridized carbons (Fsp3) is 0. The Kier molecular flexibility index (Phi) is 3.54. The maximum atomic E-state index is 9.62. The first-order chi connectivity index (χ1) is 31.4. The van der Waals surface area contributed by atoms with Crippen LogP contribution >= 0.6 is 0 Å². The molecule has 228 valence electrons. The van der Waals surface area contributed by atoms with Gasteiger partial charge in [0.15, 0.2) is 0 Å². The Morgan fingerprint density at radius 3 is 1.65 bits per heavy atom. The zero-order valence-electron chi connectivity index (χ0n) is 42.4. The van der Waals surface area contributed by atoms with Crippen LogP contribution in [-0.2, 0) is 0 Å². The molecule has 1 heteroatoms. The summed E-state index contributed by atoms with van der Waals surface area (Å²) < 4.78 is 162. The summed E-state index contributed by atoms with van der Waals surface area (Å²) in [6.07, 6.45) is 0. The minimum atomic E-state index is -0.738. The molecule has 10 aromatic rings. The molecule has 49 heavy (non-hydrogen) atoms. The van der Waals surface area contributed by atoms with Gasteiger partial charge in [0.2, 0.25) is 0 Å². The van der Waals surface area contributed by atoms with Crippen LogP contribution in [0.25, 0.3) is 98.8 Å². The molecule has 0 aliphatic carbocycles. The maximum absolute atomic E-state index is 9.62. The van der Waals surface area contributed by atoms with E-state index in [9.17, 15) is 12.3 Å². The monoisotopic (exact) mass is 639 g/mol. The van der Waals surface area contributed by atoms with Crippen molar-refractivity contribution in [3.05, 3.63) is 182 Å². The minimum absolute atomic E-state index is 0.0691. The highest BCUT2D eigenvalue weighted by molar-refractivity contribution is 6.26. The van der Waals surface area contributed by atoms with E-state index in [0.29, 0.717) is 11.1 Å². The van der Waals surface area contributed by atoms with Crippen molar-refractivity contribution in [1.29, 1.82) is 0 Å². The van der Waals surface area contributed by atoms with E-state index in [1.54, 1.807) is 48.5 Å². The molecule has 1 nitrogen and oxygen atoms in total. The van der Waals surface area contributed by atoms with Gasteiger partial charge in [0, 0.05) is 22.1 Å². The van der Waals surface area contributed by atoms with Gasteiger partial charge in [-0.1, -0.05) is 169 Å². The number of benzene rings is 9. The van der Waals surface area contributed by atoms with Crippen LogP contribution in [0, 0.1) is 0 Å². The van der Waals surface area contributed by atoms with Crippen LogP contribution in [0.15, 0.2) is 186 Å². The first-order valence-electron chi connectivity index (χ1n) is 24.0. The summed E-state index contributed by atoms with van der Waals surface area (Å²) in [5, 5.41) is -1.77. The molecule has 9 aromatic carbocycles. The molecule has 0 aliphatic heterocycles. The summed E-state index contributed by atoms with van der Waals surface area (Å²) >= 11 is 0. The topological polar surface area (TPSA) is 13.1 Å². The second kappa shape index (κ2) is 11.1. The third-order valence-corrected chi connectivity index (χ3v) is 8.83. The molecule has 1 heterocycles. The van der Waals surface area contributed by atoms with Crippen molar-refractivity contribution in [2.24, 2.45) is 0 Å². The van der Waals surface area contributed by atoms with E-state index in [4.69, 9.17) is 15.4 Å². The van der Waals surface area contributed by atoms with Crippen molar-refractivity contribution in [3.8, 4) is 44.7 Å². The van der Waals surface area contributed by atoms with E-state index >= 15 is 0 Å². The van der Waals surface area contributed by atoms with E-state index in [0.717, 1.165) is 5.56 Å². The number of rotatable bonds is 4. The Morgan fingerprint density at radius 1 is 0.367 bits per heavy atom. The number of fused-ring (bicyclic) bond motifs is 6. The van der Waals surface area contributed by atoms with E-state index in [-0.39, 0.29) is 82.1 Å². The van der Waals surface area contributed by atoms with Crippen LogP contribution in [0.1, 0.15) is 23.3 Å². The van der Waals surface area contributed by atoms with Gasteiger partial charge in [0.1, 0.15) is 11.3 Å². The lowest BCUT2D eigenvalue weighted by Crippen LogP contribution is -1.92. The molecule has 0 N–H and O–H groups in total. The number of furan rings is 1. The summed E-state index contributed by atoms with van der Waals surface area (Å²) in [6.45, 7) is 0. The molecular weight excluding hydrogens is 593 g/mol. The maximum Gasteiger partial charge on any atom is 0.143 e. The van der Waals surface area contributed by atoms with Crippen molar-refractivity contribution in [3.63, 3.8) is 0 Å². The first-order valence-corrected chi connectivity index (χ1v) is 15.5. The first kappa shape index (κ1) is 15.6. The standard InChI is InChI=1S/C48H30O/c1-3-14-31(15-4-1)34-27-29-44-43(30-34)47(48(49-44)42-25-13-24-36-35-19-8-7-16-32(35)26-28-37(36)42)46-40-22-11-9-20-38(40)45(33-17-5-2-6-18-33)39-21-10-12-23-41(39)46/h1-30H/i7D,8D,9D,10D,11D,12D,13D,16D,19D,20D,21D,22D,23D,24D,25D,26D,28D. The molecule has 0 saturated heterocycles. The van der Waals surface area contributed by atoms with Gasteiger partial charge in [-0.05, 0) is 77.5 Å². The second-order valence-electron chi connectivity index (χ2n) is 11.5. The SMILES string of the molecule is [2H]c1c([2H])c([2H])c2c(-c3c(-c4c([2H])c([2H])c([2H])c5c4c([2H])c([2H])c4c([2H])c([2H])c([2H])c([2H])c45)oc4ccc(-c5ccccc5)cc34)c3c([2H])c([2H])c([2H])c([2H])c3c(-c3ccccc3)c2c1[2H]. The fourth-order valence-corrected chi connectivity index (χ4v) is 6.71. The third kappa shape index (κ3) is 4.33. The van der Waals surface area contributed by atoms with Gasteiger partial charge in [-0.15, -0.1) is 0 Å². The van der Waals surface area contributed by atoms with Crippen molar-refractivity contribution in [2.45, 2.75) is 0 Å². The molecule has 0 atom stereocenters. The normalized spacial score (nSPS) is 16.5. The zero-order valence-corrected chi connectivity index (χ0v) is 25.4. The van der Waals surface area contributed by atoms with E-state index in [1.807, 2.05) is 30.3 Å². The van der Waals surface area contributed by atoms with Crippen LogP contribution in [0.2, 0.25) is 0 Å². The summed E-state index contributed by atoms with van der Waals surface area (Å²) in [4.78, 5) is 0. The molecule has 0 amide bonds. The highest BCUT2D eigenvalue weighted by Gasteiger charge is 2.25. The molecule has 0 spiro atoms. The summed E-state index contributed by atoms with van der Waals surface area (Å²) in [7, 11) is 0. The Bertz CT molecular complexity index is 3750. The lowest BCUT2D eigenvalue weighted by atomic mass is 9.84. The fourth-order valence-electron chi connectivity index (χ4n) is 6.71. The van der Waals surface area contributed by atoms with Crippen LogP contribution in [-0.4, -0.2) is 0 Å². The highest BCUT2D eigenvalue weighted by atomic mass is 16.3. The lowest BCUT2D eigenvalue weighted by Gasteiger charge is -2.18. The smallest absolute Gasteiger partial charge is 0.143 e. The molecule has 0 unspecified atom stereocenters. The summed E-state index contributed by atoms with van der Waals surface area (Å²) in [5.74, 6) is -0.332. The Balaban J connectivity index is 1.55. The summed E-state index contributed by atoms with van der Waals surface area (Å²) in [5.41, 5.74) is 1.32. The van der Waals surface area contributed by atoms with Gasteiger partial charge in [-0.2, -0.15) is 0 Å². The molecular formula is C48H30O. The number of hydrogen-bond donors (Lipinski definition) is 0. The van der Waals surface area contributed by atoms with Gasteiger partial charge in [-0.25, -0.2) is 0 Å². The Labute approximate surface area is 308 Å². The average Bonchev–Trinajstić information content (AvgIpc) is 3.70. The molecule has 10 rings (SSSR count). The molecule has 0 radical (unpaired) electrons. The highest BCUT2D eigenvalue weighted by Crippen LogP contribution is 2.51. The van der Waals surface area contributed by atoms with Gasteiger partial charge in [0.05, 0.1) is 23.3 Å². The quantitative estimate of drug-likeness (QED) is 0.138. The average molecular weight is 640 g/mol. The molecule has 1 aromatic heterocycles. The Morgan fingerprint density at radius 2 is 0.959 bits per heavy atom. The van der Waals surface area contributed by atoms with Gasteiger partial charge >= 0.3 is 0 Å². The van der Waals surface area contributed by atoms with Crippen LogP contribution in [0.3, 0.4) is 0 Å². The van der Waals surface area contributed by atoms with Crippen LogP contribution in [0.4, 0.5) is 0 Å². The molecule has 0 saturated carbocycles. The van der Waals surface area contributed by atoms with Crippen molar-refractivity contribution in [1.82, 2.24) is 0 Å².